The number of carbonyl (C=O) groups excluding carboxylic acids is 2. The zero-order chi connectivity index (χ0) is 17.7. The summed E-state index contributed by atoms with van der Waals surface area (Å²) in [5, 5.41) is 8.63. The molecule has 2 amide bonds. The van der Waals surface area contributed by atoms with Gasteiger partial charge < -0.3 is 10.6 Å². The molecule has 1 heterocycles. The molecule has 0 unspecified atom stereocenters. The number of hydrogen-bond acceptors (Lipinski definition) is 4. The van der Waals surface area contributed by atoms with Crippen LogP contribution < -0.4 is 10.6 Å². The Morgan fingerprint density at radius 2 is 2.08 bits per heavy atom. The molecule has 1 aromatic carbocycles. The van der Waals surface area contributed by atoms with Crippen molar-refractivity contribution in [3.05, 3.63) is 50.9 Å². The number of benzene rings is 1. The van der Waals surface area contributed by atoms with Gasteiger partial charge in [0.2, 0.25) is 5.91 Å². The van der Waals surface area contributed by atoms with Gasteiger partial charge in [-0.1, -0.05) is 11.6 Å². The van der Waals surface area contributed by atoms with Crippen molar-refractivity contribution in [2.75, 3.05) is 5.32 Å². The number of halogens is 1. The summed E-state index contributed by atoms with van der Waals surface area (Å²) in [6.45, 7) is 5.65. The monoisotopic (exact) mass is 363 g/mol. The highest BCUT2D eigenvalue weighted by Crippen LogP contribution is 2.23. The molecule has 126 valence electrons. The van der Waals surface area contributed by atoms with Crippen molar-refractivity contribution in [3.63, 3.8) is 0 Å². The van der Waals surface area contributed by atoms with Crippen molar-refractivity contribution in [1.82, 2.24) is 10.3 Å². The van der Waals surface area contributed by atoms with Crippen LogP contribution in [0.5, 0.6) is 0 Å². The molecular weight excluding hydrogens is 346 g/mol. The smallest absolute Gasteiger partial charge is 0.251 e. The molecule has 0 aliphatic heterocycles. The van der Waals surface area contributed by atoms with Gasteiger partial charge in [-0.3, -0.25) is 9.59 Å². The molecule has 0 aliphatic carbocycles. The third kappa shape index (κ3) is 5.18. The Kier molecular flexibility index (Phi) is 6.11. The summed E-state index contributed by atoms with van der Waals surface area (Å²) >= 11 is 7.60. The second kappa shape index (κ2) is 8.08. The van der Waals surface area contributed by atoms with Crippen LogP contribution >= 0.6 is 22.9 Å². The van der Waals surface area contributed by atoms with Crippen molar-refractivity contribution in [2.45, 2.75) is 26.8 Å². The van der Waals surface area contributed by atoms with Crippen LogP contribution in [-0.4, -0.2) is 22.8 Å². The van der Waals surface area contributed by atoms with E-state index in [1.54, 1.807) is 24.3 Å². The fraction of sp³-hybridized carbons (Fsp3) is 0.235. The predicted octanol–water partition coefficient (Wildman–Crippen LogP) is 3.90. The maximum Gasteiger partial charge on any atom is 0.251 e. The Morgan fingerprint density at radius 1 is 1.33 bits per heavy atom. The van der Waals surface area contributed by atoms with E-state index in [0.29, 0.717) is 16.3 Å². The maximum absolute atomic E-state index is 12.0. The minimum atomic E-state index is -0.344. The third-order valence-corrected chi connectivity index (χ3v) is 4.07. The average molecular weight is 364 g/mol. The Hall–Kier alpha value is -2.18. The maximum atomic E-state index is 12.0. The normalized spacial score (nSPS) is 11.0. The molecular formula is C17H18ClN3O2S. The van der Waals surface area contributed by atoms with Gasteiger partial charge in [0.15, 0.2) is 0 Å². The van der Waals surface area contributed by atoms with Crippen LogP contribution in [0.4, 0.5) is 5.69 Å². The molecule has 0 atom stereocenters. The summed E-state index contributed by atoms with van der Waals surface area (Å²) in [4.78, 5) is 28.3. The number of thiazole rings is 1. The van der Waals surface area contributed by atoms with E-state index in [1.165, 1.54) is 17.4 Å². The molecule has 2 aromatic rings. The van der Waals surface area contributed by atoms with Gasteiger partial charge in [-0.15, -0.1) is 11.3 Å². The highest BCUT2D eigenvalue weighted by Gasteiger charge is 2.11. The number of carbonyl (C=O) groups is 2. The molecule has 2 N–H and O–H groups in total. The van der Waals surface area contributed by atoms with E-state index in [1.807, 2.05) is 26.2 Å². The molecule has 7 heteroatoms. The fourth-order valence-electron chi connectivity index (χ4n) is 1.90. The summed E-state index contributed by atoms with van der Waals surface area (Å²) in [6, 6.07) is 4.78. The molecule has 24 heavy (non-hydrogen) atoms. The Balaban J connectivity index is 2.09. The molecule has 0 bridgehead atoms. The largest absolute Gasteiger partial charge is 0.350 e. The van der Waals surface area contributed by atoms with Gasteiger partial charge in [-0.25, -0.2) is 4.98 Å². The van der Waals surface area contributed by atoms with Crippen LogP contribution in [-0.2, 0) is 4.79 Å². The lowest BCUT2D eigenvalue weighted by atomic mass is 10.1. The number of amides is 2. The summed E-state index contributed by atoms with van der Waals surface area (Å²) in [7, 11) is 0. The molecule has 0 radical (unpaired) electrons. The van der Waals surface area contributed by atoms with Gasteiger partial charge in [0.25, 0.3) is 5.91 Å². The number of hydrogen-bond donors (Lipinski definition) is 2. The van der Waals surface area contributed by atoms with Gasteiger partial charge in [-0.2, -0.15) is 0 Å². The summed E-state index contributed by atoms with van der Waals surface area (Å²) in [5.41, 5.74) is 1.54. The Morgan fingerprint density at radius 3 is 2.71 bits per heavy atom. The molecule has 0 spiro atoms. The highest BCUT2D eigenvalue weighted by atomic mass is 35.5. The van der Waals surface area contributed by atoms with Gasteiger partial charge in [0.1, 0.15) is 0 Å². The SMILES string of the molecule is Cc1nc(/C=C/C(=O)Nc2cc(C(=O)NC(C)C)ccc2Cl)cs1. The van der Waals surface area contributed by atoms with Crippen LogP contribution in [0, 0.1) is 6.92 Å². The number of aryl methyl sites for hydroxylation is 1. The molecule has 0 fully saturated rings. The van der Waals surface area contributed by atoms with Crippen molar-refractivity contribution >= 4 is 46.5 Å². The highest BCUT2D eigenvalue weighted by molar-refractivity contribution is 7.09. The van der Waals surface area contributed by atoms with Crippen molar-refractivity contribution < 1.29 is 9.59 Å². The Bertz CT molecular complexity index is 784. The minimum absolute atomic E-state index is 0.0238. The number of nitrogens with zero attached hydrogens (tertiary/aromatic N) is 1. The molecule has 2 rings (SSSR count). The van der Waals surface area contributed by atoms with Crippen molar-refractivity contribution in [3.8, 4) is 0 Å². The van der Waals surface area contributed by atoms with Crippen LogP contribution in [0.15, 0.2) is 29.7 Å². The first-order chi connectivity index (χ1) is 11.3. The summed E-state index contributed by atoms with van der Waals surface area (Å²) in [6.07, 6.45) is 3.01. The number of nitrogens with one attached hydrogen (secondary N) is 2. The van der Waals surface area contributed by atoms with Crippen LogP contribution in [0.1, 0.15) is 34.9 Å². The first-order valence-electron chi connectivity index (χ1n) is 7.37. The van der Waals surface area contributed by atoms with E-state index in [9.17, 15) is 9.59 Å². The number of anilines is 1. The van der Waals surface area contributed by atoms with Gasteiger partial charge in [-0.05, 0) is 45.0 Å². The van der Waals surface area contributed by atoms with Crippen LogP contribution in [0.3, 0.4) is 0 Å². The van der Waals surface area contributed by atoms with E-state index >= 15 is 0 Å². The summed E-state index contributed by atoms with van der Waals surface area (Å²) in [5.74, 6) is -0.561. The number of aromatic nitrogens is 1. The van der Waals surface area contributed by atoms with E-state index in [-0.39, 0.29) is 17.9 Å². The first kappa shape index (κ1) is 18.2. The topological polar surface area (TPSA) is 71.1 Å². The minimum Gasteiger partial charge on any atom is -0.350 e. The standard InChI is InChI=1S/C17H18ClN3O2S/c1-10(2)19-17(23)12-4-6-14(18)15(8-12)21-16(22)7-5-13-9-24-11(3)20-13/h4-10H,1-3H3,(H,19,23)(H,21,22)/b7-5+. The van der Waals surface area contributed by atoms with E-state index < -0.39 is 0 Å². The Labute approximate surface area is 149 Å². The average Bonchev–Trinajstić information content (AvgIpc) is 2.92. The quantitative estimate of drug-likeness (QED) is 0.791. The number of rotatable bonds is 5. The predicted molar refractivity (Wildman–Crippen MR) is 98.6 cm³/mol. The second-order valence-corrected chi connectivity index (χ2v) is 6.91. The zero-order valence-electron chi connectivity index (χ0n) is 13.6. The molecule has 1 aromatic heterocycles. The zero-order valence-corrected chi connectivity index (χ0v) is 15.2. The lowest BCUT2D eigenvalue weighted by molar-refractivity contribution is -0.111. The van der Waals surface area contributed by atoms with Crippen molar-refractivity contribution in [2.24, 2.45) is 0 Å². The molecule has 5 nitrogen and oxygen atoms in total. The lowest BCUT2D eigenvalue weighted by Crippen LogP contribution is -2.30. The van der Waals surface area contributed by atoms with E-state index in [0.717, 1.165) is 10.7 Å². The van der Waals surface area contributed by atoms with Gasteiger partial charge in [0, 0.05) is 23.1 Å². The van der Waals surface area contributed by atoms with Crippen LogP contribution in [0.2, 0.25) is 5.02 Å². The summed E-state index contributed by atoms with van der Waals surface area (Å²) < 4.78 is 0. The second-order valence-electron chi connectivity index (χ2n) is 5.44. The van der Waals surface area contributed by atoms with Crippen LogP contribution in [0.25, 0.3) is 6.08 Å². The van der Waals surface area contributed by atoms with Gasteiger partial charge >= 0.3 is 0 Å². The molecule has 0 saturated carbocycles. The fourth-order valence-corrected chi connectivity index (χ4v) is 2.65. The third-order valence-electron chi connectivity index (χ3n) is 2.95. The molecule has 0 aliphatic rings. The van der Waals surface area contributed by atoms with Crippen molar-refractivity contribution in [1.29, 1.82) is 0 Å². The van der Waals surface area contributed by atoms with Gasteiger partial charge in [0.05, 0.1) is 21.4 Å². The molecule has 0 saturated heterocycles. The lowest BCUT2D eigenvalue weighted by Gasteiger charge is -2.11. The first-order valence-corrected chi connectivity index (χ1v) is 8.62. The van der Waals surface area contributed by atoms with E-state index in [2.05, 4.69) is 15.6 Å². The van der Waals surface area contributed by atoms with E-state index in [4.69, 9.17) is 11.6 Å².